The second-order valence-electron chi connectivity index (χ2n) is 5.05. The highest BCUT2D eigenvalue weighted by atomic mass is 16.4. The Morgan fingerprint density at radius 3 is 2.41 bits per heavy atom. The lowest BCUT2D eigenvalue weighted by atomic mass is 9.87. The highest BCUT2D eigenvalue weighted by molar-refractivity contribution is 5.88. The lowest BCUT2D eigenvalue weighted by Crippen LogP contribution is -2.29. The molecule has 1 aliphatic heterocycles. The number of aromatic amines is 1. The minimum absolute atomic E-state index is 0.358. The molecule has 2 heterocycles. The predicted octanol–water partition coefficient (Wildman–Crippen LogP) is 2.14. The summed E-state index contributed by atoms with van der Waals surface area (Å²) < 4.78 is 0. The number of rotatable bonds is 2. The molecule has 0 amide bonds. The number of piperidine rings is 1. The van der Waals surface area contributed by atoms with Gasteiger partial charge in [0.15, 0.2) is 0 Å². The molecule has 1 aromatic heterocycles. The molecule has 2 N–H and O–H groups in total. The SMILES string of the molecule is Cc1[nH]c(C(=O)O)c(C)c1C1CCN(C)CC1. The summed E-state index contributed by atoms with van der Waals surface area (Å²) in [4.78, 5) is 16.4. The Bertz CT molecular complexity index is 429. The minimum Gasteiger partial charge on any atom is -0.477 e. The van der Waals surface area contributed by atoms with E-state index >= 15 is 0 Å². The fraction of sp³-hybridized carbons (Fsp3) is 0.615. The van der Waals surface area contributed by atoms with Crippen molar-refractivity contribution in [2.75, 3.05) is 20.1 Å². The van der Waals surface area contributed by atoms with Crippen LogP contribution in [0.1, 0.15) is 46.1 Å². The first-order chi connectivity index (χ1) is 8.00. The highest BCUT2D eigenvalue weighted by Gasteiger charge is 2.25. The molecule has 4 heteroatoms. The van der Waals surface area contributed by atoms with Gasteiger partial charge in [0.25, 0.3) is 0 Å². The Kier molecular flexibility index (Phi) is 3.24. The van der Waals surface area contributed by atoms with E-state index in [-0.39, 0.29) is 0 Å². The molecule has 0 saturated carbocycles. The normalized spacial score (nSPS) is 18.5. The van der Waals surface area contributed by atoms with Gasteiger partial charge in [0, 0.05) is 5.69 Å². The quantitative estimate of drug-likeness (QED) is 0.827. The molecular formula is C13H20N2O2. The van der Waals surface area contributed by atoms with E-state index in [0.29, 0.717) is 11.6 Å². The number of nitrogens with zero attached hydrogens (tertiary/aromatic N) is 1. The third-order valence-electron chi connectivity index (χ3n) is 3.84. The van der Waals surface area contributed by atoms with Crippen LogP contribution in [-0.4, -0.2) is 41.1 Å². The van der Waals surface area contributed by atoms with Gasteiger partial charge in [-0.1, -0.05) is 0 Å². The zero-order chi connectivity index (χ0) is 12.6. The van der Waals surface area contributed by atoms with Crippen molar-refractivity contribution in [1.82, 2.24) is 9.88 Å². The van der Waals surface area contributed by atoms with Gasteiger partial charge in [-0.25, -0.2) is 4.79 Å². The van der Waals surface area contributed by atoms with E-state index < -0.39 is 5.97 Å². The molecule has 94 valence electrons. The van der Waals surface area contributed by atoms with Crippen LogP contribution in [0, 0.1) is 13.8 Å². The van der Waals surface area contributed by atoms with E-state index in [0.717, 1.165) is 37.2 Å². The standard InChI is InChI=1S/C13H20N2O2/c1-8-11(9(2)14-12(8)13(16)17)10-4-6-15(3)7-5-10/h10,14H,4-7H2,1-3H3,(H,16,17). The van der Waals surface area contributed by atoms with E-state index in [9.17, 15) is 4.79 Å². The maximum atomic E-state index is 11.1. The van der Waals surface area contributed by atoms with Crippen molar-refractivity contribution in [3.8, 4) is 0 Å². The van der Waals surface area contributed by atoms with Crippen molar-refractivity contribution >= 4 is 5.97 Å². The van der Waals surface area contributed by atoms with Gasteiger partial charge in [0.1, 0.15) is 5.69 Å². The topological polar surface area (TPSA) is 56.3 Å². The summed E-state index contributed by atoms with van der Waals surface area (Å²) in [5.41, 5.74) is 3.53. The van der Waals surface area contributed by atoms with E-state index in [1.165, 1.54) is 5.56 Å². The van der Waals surface area contributed by atoms with Crippen molar-refractivity contribution < 1.29 is 9.90 Å². The Morgan fingerprint density at radius 2 is 1.94 bits per heavy atom. The molecule has 1 saturated heterocycles. The molecule has 17 heavy (non-hydrogen) atoms. The second-order valence-corrected chi connectivity index (χ2v) is 5.05. The lowest BCUT2D eigenvalue weighted by Gasteiger charge is -2.29. The summed E-state index contributed by atoms with van der Waals surface area (Å²) in [7, 11) is 2.13. The first kappa shape index (κ1) is 12.2. The van der Waals surface area contributed by atoms with Crippen LogP contribution in [0.5, 0.6) is 0 Å². The predicted molar refractivity (Wildman–Crippen MR) is 66.7 cm³/mol. The molecule has 0 bridgehead atoms. The number of hydrogen-bond donors (Lipinski definition) is 2. The van der Waals surface area contributed by atoms with E-state index in [1.54, 1.807) is 0 Å². The van der Waals surface area contributed by atoms with Crippen molar-refractivity contribution in [3.05, 3.63) is 22.5 Å². The molecule has 2 rings (SSSR count). The summed E-state index contributed by atoms with van der Waals surface area (Å²) >= 11 is 0. The van der Waals surface area contributed by atoms with Crippen LogP contribution in [0.25, 0.3) is 0 Å². The van der Waals surface area contributed by atoms with Crippen LogP contribution in [0.2, 0.25) is 0 Å². The van der Waals surface area contributed by atoms with Gasteiger partial charge in [-0.15, -0.1) is 0 Å². The molecular weight excluding hydrogens is 216 g/mol. The van der Waals surface area contributed by atoms with Crippen LogP contribution in [0.3, 0.4) is 0 Å². The van der Waals surface area contributed by atoms with Crippen molar-refractivity contribution in [3.63, 3.8) is 0 Å². The van der Waals surface area contributed by atoms with Gasteiger partial charge in [-0.3, -0.25) is 0 Å². The minimum atomic E-state index is -0.857. The van der Waals surface area contributed by atoms with Crippen LogP contribution < -0.4 is 0 Å². The highest BCUT2D eigenvalue weighted by Crippen LogP contribution is 2.33. The summed E-state index contributed by atoms with van der Waals surface area (Å²) in [6, 6.07) is 0. The van der Waals surface area contributed by atoms with Crippen molar-refractivity contribution in [2.24, 2.45) is 0 Å². The zero-order valence-corrected chi connectivity index (χ0v) is 10.7. The van der Waals surface area contributed by atoms with E-state index in [4.69, 9.17) is 5.11 Å². The average Bonchev–Trinajstić information content (AvgIpc) is 2.56. The number of hydrogen-bond acceptors (Lipinski definition) is 2. The first-order valence-electron chi connectivity index (χ1n) is 6.11. The molecule has 0 spiro atoms. The number of aryl methyl sites for hydroxylation is 1. The third-order valence-corrected chi connectivity index (χ3v) is 3.84. The van der Waals surface area contributed by atoms with Gasteiger partial charge < -0.3 is 15.0 Å². The molecule has 0 radical (unpaired) electrons. The van der Waals surface area contributed by atoms with Crippen molar-refractivity contribution in [2.45, 2.75) is 32.6 Å². The van der Waals surface area contributed by atoms with Gasteiger partial charge in [-0.05, 0) is 63.9 Å². The molecule has 1 aromatic rings. The van der Waals surface area contributed by atoms with E-state index in [1.807, 2.05) is 13.8 Å². The Labute approximate surface area is 102 Å². The number of aromatic carboxylic acids is 1. The van der Waals surface area contributed by atoms with Gasteiger partial charge >= 0.3 is 5.97 Å². The molecule has 0 aliphatic carbocycles. The number of carboxylic acids is 1. The van der Waals surface area contributed by atoms with Crippen LogP contribution in [0.15, 0.2) is 0 Å². The molecule has 0 atom stereocenters. The summed E-state index contributed by atoms with van der Waals surface area (Å²) in [5.74, 6) is -0.347. The number of nitrogens with one attached hydrogen (secondary N) is 1. The monoisotopic (exact) mass is 236 g/mol. The summed E-state index contributed by atoms with van der Waals surface area (Å²) in [6.45, 7) is 6.09. The first-order valence-corrected chi connectivity index (χ1v) is 6.11. The third kappa shape index (κ3) is 2.22. The number of H-pyrrole nitrogens is 1. The zero-order valence-electron chi connectivity index (χ0n) is 10.7. The smallest absolute Gasteiger partial charge is 0.352 e. The molecule has 1 fully saturated rings. The second kappa shape index (κ2) is 4.53. The summed E-state index contributed by atoms with van der Waals surface area (Å²) in [5, 5.41) is 9.10. The molecule has 0 aromatic carbocycles. The Balaban J connectivity index is 2.29. The number of carbonyl (C=O) groups is 1. The van der Waals surface area contributed by atoms with Gasteiger partial charge in [0.2, 0.25) is 0 Å². The van der Waals surface area contributed by atoms with E-state index in [2.05, 4.69) is 16.9 Å². The molecule has 4 nitrogen and oxygen atoms in total. The van der Waals surface area contributed by atoms with Crippen molar-refractivity contribution in [1.29, 1.82) is 0 Å². The van der Waals surface area contributed by atoms with Gasteiger partial charge in [-0.2, -0.15) is 0 Å². The molecule has 1 aliphatic rings. The average molecular weight is 236 g/mol. The number of carboxylic acid groups (broad SMARTS) is 1. The van der Waals surface area contributed by atoms with Crippen LogP contribution >= 0.6 is 0 Å². The van der Waals surface area contributed by atoms with Gasteiger partial charge in [0.05, 0.1) is 0 Å². The number of aromatic nitrogens is 1. The maximum absolute atomic E-state index is 11.1. The summed E-state index contributed by atoms with van der Waals surface area (Å²) in [6.07, 6.45) is 2.24. The van der Waals surface area contributed by atoms with Crippen LogP contribution in [-0.2, 0) is 0 Å². The number of likely N-dealkylation sites (tertiary alicyclic amines) is 1. The lowest BCUT2D eigenvalue weighted by molar-refractivity contribution is 0.0690. The largest absolute Gasteiger partial charge is 0.477 e. The maximum Gasteiger partial charge on any atom is 0.352 e. The molecule has 0 unspecified atom stereocenters. The Morgan fingerprint density at radius 1 is 1.35 bits per heavy atom. The Hall–Kier alpha value is -1.29. The van der Waals surface area contributed by atoms with Crippen LogP contribution in [0.4, 0.5) is 0 Å². The fourth-order valence-electron chi connectivity index (χ4n) is 2.89. The fourth-order valence-corrected chi connectivity index (χ4v) is 2.89.